The number of hydrogen-bond donors (Lipinski definition) is 2. The van der Waals surface area contributed by atoms with Crippen LogP contribution in [-0.4, -0.2) is 31.7 Å². The summed E-state index contributed by atoms with van der Waals surface area (Å²) in [5.74, 6) is 0.0508. The van der Waals surface area contributed by atoms with E-state index >= 15 is 0 Å². The van der Waals surface area contributed by atoms with Gasteiger partial charge in [0.1, 0.15) is 5.54 Å². The summed E-state index contributed by atoms with van der Waals surface area (Å²) in [6.45, 7) is 4.43. The molecule has 0 aromatic heterocycles. The Kier molecular flexibility index (Phi) is 4.56. The Morgan fingerprint density at radius 1 is 1.47 bits per heavy atom. The Hall–Kier alpha value is -1.39. The molecule has 4 nitrogen and oxygen atoms in total. The number of esters is 1. The van der Waals surface area contributed by atoms with Crippen LogP contribution in [-0.2, 0) is 16.1 Å². The van der Waals surface area contributed by atoms with Gasteiger partial charge in [0.25, 0.3) is 0 Å². The third-order valence-electron chi connectivity index (χ3n) is 3.99. The van der Waals surface area contributed by atoms with Gasteiger partial charge in [-0.2, -0.15) is 0 Å². The van der Waals surface area contributed by atoms with Crippen LogP contribution in [0.5, 0.6) is 0 Å². The zero-order chi connectivity index (χ0) is 13.7. The minimum atomic E-state index is -0.574. The van der Waals surface area contributed by atoms with E-state index in [-0.39, 0.29) is 11.9 Å². The van der Waals surface area contributed by atoms with Crippen LogP contribution in [0.15, 0.2) is 30.3 Å². The highest BCUT2D eigenvalue weighted by atomic mass is 16.5. The van der Waals surface area contributed by atoms with Crippen LogP contribution in [0.4, 0.5) is 0 Å². The Balaban J connectivity index is 2.12. The molecule has 104 valence electrons. The number of ether oxygens (including phenoxy) is 1. The predicted octanol–water partition coefficient (Wildman–Crippen LogP) is 1.32. The summed E-state index contributed by atoms with van der Waals surface area (Å²) in [5, 5.41) is 6.76. The van der Waals surface area contributed by atoms with Crippen LogP contribution < -0.4 is 10.6 Å². The third-order valence-corrected chi connectivity index (χ3v) is 3.99. The second-order valence-corrected chi connectivity index (χ2v) is 5.16. The van der Waals surface area contributed by atoms with Crippen LogP contribution in [0, 0.1) is 5.92 Å². The first-order valence-electron chi connectivity index (χ1n) is 6.77. The van der Waals surface area contributed by atoms with Crippen LogP contribution in [0.1, 0.15) is 18.9 Å². The van der Waals surface area contributed by atoms with E-state index in [0.717, 1.165) is 19.5 Å². The van der Waals surface area contributed by atoms with Gasteiger partial charge in [0, 0.05) is 13.1 Å². The summed E-state index contributed by atoms with van der Waals surface area (Å²) >= 11 is 0. The lowest BCUT2D eigenvalue weighted by Gasteiger charge is -2.41. The fraction of sp³-hybridized carbons (Fsp3) is 0.533. The highest BCUT2D eigenvalue weighted by Crippen LogP contribution is 2.26. The van der Waals surface area contributed by atoms with Gasteiger partial charge >= 0.3 is 5.97 Å². The molecule has 1 saturated heterocycles. The van der Waals surface area contributed by atoms with Crippen molar-refractivity contribution in [1.82, 2.24) is 10.6 Å². The summed E-state index contributed by atoms with van der Waals surface area (Å²) in [6, 6.07) is 10.1. The van der Waals surface area contributed by atoms with Gasteiger partial charge in [0.2, 0.25) is 0 Å². The van der Waals surface area contributed by atoms with E-state index in [1.807, 2.05) is 18.2 Å². The molecule has 1 aliphatic heterocycles. The van der Waals surface area contributed by atoms with Crippen molar-refractivity contribution in [3.63, 3.8) is 0 Å². The van der Waals surface area contributed by atoms with Crippen molar-refractivity contribution < 1.29 is 9.53 Å². The lowest BCUT2D eigenvalue weighted by atomic mass is 9.79. The molecule has 1 aliphatic rings. The second-order valence-electron chi connectivity index (χ2n) is 5.16. The van der Waals surface area contributed by atoms with Gasteiger partial charge in [0.05, 0.1) is 7.11 Å². The third kappa shape index (κ3) is 2.96. The predicted molar refractivity (Wildman–Crippen MR) is 74.7 cm³/mol. The Labute approximate surface area is 114 Å². The molecule has 19 heavy (non-hydrogen) atoms. The SMILES string of the molecule is COC(=O)C1(NCc2ccccc2)CCNCC1C. The Bertz CT molecular complexity index is 421. The van der Waals surface area contributed by atoms with Crippen molar-refractivity contribution in [2.75, 3.05) is 20.2 Å². The van der Waals surface area contributed by atoms with Crippen LogP contribution in [0.3, 0.4) is 0 Å². The molecule has 2 unspecified atom stereocenters. The van der Waals surface area contributed by atoms with Gasteiger partial charge in [-0.25, -0.2) is 0 Å². The second kappa shape index (κ2) is 6.17. The number of methoxy groups -OCH3 is 1. The van der Waals surface area contributed by atoms with Crippen molar-refractivity contribution in [2.45, 2.75) is 25.4 Å². The van der Waals surface area contributed by atoms with Crippen LogP contribution in [0.2, 0.25) is 0 Å². The van der Waals surface area contributed by atoms with Gasteiger partial charge in [-0.05, 0) is 24.4 Å². The van der Waals surface area contributed by atoms with Crippen molar-refractivity contribution >= 4 is 5.97 Å². The van der Waals surface area contributed by atoms with E-state index in [0.29, 0.717) is 6.54 Å². The quantitative estimate of drug-likeness (QED) is 0.804. The number of nitrogens with one attached hydrogen (secondary N) is 2. The molecule has 2 rings (SSSR count). The number of benzene rings is 1. The molecule has 1 fully saturated rings. The van der Waals surface area contributed by atoms with Crippen molar-refractivity contribution in [3.8, 4) is 0 Å². The standard InChI is InChI=1S/C15H22N2O2/c1-12-10-16-9-8-15(12,14(18)19-2)17-11-13-6-4-3-5-7-13/h3-7,12,16-17H,8-11H2,1-2H3. The molecule has 1 aromatic carbocycles. The van der Waals surface area contributed by atoms with Crippen LogP contribution in [0.25, 0.3) is 0 Å². The zero-order valence-electron chi connectivity index (χ0n) is 11.6. The largest absolute Gasteiger partial charge is 0.468 e. The molecule has 0 saturated carbocycles. The molecule has 0 spiro atoms. The minimum Gasteiger partial charge on any atom is -0.468 e. The average molecular weight is 262 g/mol. The van der Waals surface area contributed by atoms with Crippen molar-refractivity contribution in [2.24, 2.45) is 5.92 Å². The van der Waals surface area contributed by atoms with E-state index in [1.165, 1.54) is 12.7 Å². The highest BCUT2D eigenvalue weighted by Gasteiger charge is 2.45. The molecule has 0 radical (unpaired) electrons. The van der Waals surface area contributed by atoms with E-state index < -0.39 is 5.54 Å². The number of hydrogen-bond acceptors (Lipinski definition) is 4. The lowest BCUT2D eigenvalue weighted by Crippen LogP contribution is -2.62. The molecule has 2 atom stereocenters. The summed E-state index contributed by atoms with van der Waals surface area (Å²) in [7, 11) is 1.46. The summed E-state index contributed by atoms with van der Waals surface area (Å²) < 4.78 is 5.02. The average Bonchev–Trinajstić information content (AvgIpc) is 2.47. The van der Waals surface area contributed by atoms with Crippen molar-refractivity contribution in [3.05, 3.63) is 35.9 Å². The topological polar surface area (TPSA) is 50.4 Å². The molecule has 4 heteroatoms. The molecular weight excluding hydrogens is 240 g/mol. The van der Waals surface area contributed by atoms with Gasteiger partial charge in [0.15, 0.2) is 0 Å². The monoisotopic (exact) mass is 262 g/mol. The minimum absolute atomic E-state index is 0.155. The first-order chi connectivity index (χ1) is 9.19. The maximum Gasteiger partial charge on any atom is 0.326 e. The van der Waals surface area contributed by atoms with E-state index in [9.17, 15) is 4.79 Å². The van der Waals surface area contributed by atoms with Gasteiger partial charge < -0.3 is 10.1 Å². The van der Waals surface area contributed by atoms with Crippen LogP contribution >= 0.6 is 0 Å². The molecule has 1 aromatic rings. The van der Waals surface area contributed by atoms with Gasteiger partial charge in [-0.1, -0.05) is 37.3 Å². The molecular formula is C15H22N2O2. The Morgan fingerprint density at radius 2 is 2.21 bits per heavy atom. The van der Waals surface area contributed by atoms with E-state index in [1.54, 1.807) is 0 Å². The number of carbonyl (C=O) groups excluding carboxylic acids is 1. The first kappa shape index (κ1) is 14.0. The van der Waals surface area contributed by atoms with Crippen molar-refractivity contribution in [1.29, 1.82) is 0 Å². The Morgan fingerprint density at radius 3 is 2.84 bits per heavy atom. The fourth-order valence-electron chi connectivity index (χ4n) is 2.70. The molecule has 1 heterocycles. The molecule has 0 amide bonds. The number of carbonyl (C=O) groups is 1. The molecule has 2 N–H and O–H groups in total. The first-order valence-corrected chi connectivity index (χ1v) is 6.77. The maximum atomic E-state index is 12.2. The summed E-state index contributed by atoms with van der Waals surface area (Å²) in [4.78, 5) is 12.2. The number of rotatable bonds is 4. The normalized spacial score (nSPS) is 26.9. The maximum absolute atomic E-state index is 12.2. The van der Waals surface area contributed by atoms with E-state index in [4.69, 9.17) is 4.74 Å². The number of piperidine rings is 1. The lowest BCUT2D eigenvalue weighted by molar-refractivity contribution is -0.152. The fourth-order valence-corrected chi connectivity index (χ4v) is 2.70. The highest BCUT2D eigenvalue weighted by molar-refractivity contribution is 5.81. The summed E-state index contributed by atoms with van der Waals surface area (Å²) in [5.41, 5.74) is 0.604. The molecule has 0 aliphatic carbocycles. The molecule has 0 bridgehead atoms. The zero-order valence-corrected chi connectivity index (χ0v) is 11.6. The smallest absolute Gasteiger partial charge is 0.326 e. The van der Waals surface area contributed by atoms with Gasteiger partial charge in [-0.3, -0.25) is 10.1 Å². The summed E-state index contributed by atoms with van der Waals surface area (Å²) in [6.07, 6.45) is 0.758. The van der Waals surface area contributed by atoms with Gasteiger partial charge in [-0.15, -0.1) is 0 Å². The van der Waals surface area contributed by atoms with E-state index in [2.05, 4.69) is 29.7 Å².